The van der Waals surface area contributed by atoms with Gasteiger partial charge in [-0.3, -0.25) is 9.69 Å². The number of hydrogen-bond acceptors (Lipinski definition) is 4. The second kappa shape index (κ2) is 7.37. The Hall–Kier alpha value is -2.92. The third kappa shape index (κ3) is 3.78. The van der Waals surface area contributed by atoms with E-state index in [9.17, 15) is 4.79 Å². The number of carbonyl (C=O) groups excluding carboxylic acids is 1. The molecule has 1 unspecified atom stereocenters. The summed E-state index contributed by atoms with van der Waals surface area (Å²) in [6, 6.07) is 15.7. The van der Waals surface area contributed by atoms with Gasteiger partial charge in [-0.25, -0.2) is 4.98 Å². The molecule has 1 aliphatic heterocycles. The molecule has 1 saturated heterocycles. The fourth-order valence-electron chi connectivity index (χ4n) is 3.67. The van der Waals surface area contributed by atoms with Gasteiger partial charge in [-0.1, -0.05) is 37.3 Å². The van der Waals surface area contributed by atoms with Gasteiger partial charge >= 0.3 is 0 Å². The molecule has 138 valence electrons. The standard InChI is InChI=1S/C22H23N3O2/c1-15-10-11-25(13-15)14-17-6-8-20(19-5-3-2-4-18(17)19)27-21-9-7-16(12-24-21)22(23)26/h2-9,12,15H,10-11,13-14H2,1H3,(H2,23,26). The van der Waals surface area contributed by atoms with Crippen LogP contribution in [-0.4, -0.2) is 28.9 Å². The predicted octanol–water partition coefficient (Wildman–Crippen LogP) is 3.97. The average molecular weight is 361 g/mol. The summed E-state index contributed by atoms with van der Waals surface area (Å²) >= 11 is 0. The zero-order chi connectivity index (χ0) is 18.8. The Balaban J connectivity index is 1.62. The van der Waals surface area contributed by atoms with Gasteiger partial charge in [0.05, 0.1) is 5.56 Å². The van der Waals surface area contributed by atoms with E-state index in [4.69, 9.17) is 10.5 Å². The topological polar surface area (TPSA) is 68.5 Å². The normalized spacial score (nSPS) is 17.3. The summed E-state index contributed by atoms with van der Waals surface area (Å²) < 4.78 is 5.99. The van der Waals surface area contributed by atoms with E-state index in [0.717, 1.165) is 36.7 Å². The first-order valence-corrected chi connectivity index (χ1v) is 9.27. The minimum atomic E-state index is -0.500. The van der Waals surface area contributed by atoms with E-state index in [2.05, 4.69) is 41.1 Å². The van der Waals surface area contributed by atoms with Gasteiger partial charge < -0.3 is 10.5 Å². The van der Waals surface area contributed by atoms with Crippen molar-refractivity contribution in [3.05, 3.63) is 65.9 Å². The maximum atomic E-state index is 11.2. The molecule has 4 rings (SSSR count). The van der Waals surface area contributed by atoms with Crippen LogP contribution in [0.5, 0.6) is 11.6 Å². The summed E-state index contributed by atoms with van der Waals surface area (Å²) in [5.74, 6) is 1.46. The van der Waals surface area contributed by atoms with Crippen molar-refractivity contribution < 1.29 is 9.53 Å². The van der Waals surface area contributed by atoms with Crippen LogP contribution < -0.4 is 10.5 Å². The number of carbonyl (C=O) groups is 1. The number of nitrogens with zero attached hydrogens (tertiary/aromatic N) is 2. The summed E-state index contributed by atoms with van der Waals surface area (Å²) in [5.41, 5.74) is 6.93. The largest absolute Gasteiger partial charge is 0.438 e. The number of pyridine rings is 1. The van der Waals surface area contributed by atoms with E-state index in [-0.39, 0.29) is 0 Å². The number of benzene rings is 2. The molecule has 1 atom stereocenters. The van der Waals surface area contributed by atoms with Crippen molar-refractivity contribution in [2.45, 2.75) is 19.9 Å². The van der Waals surface area contributed by atoms with Crippen LogP contribution in [0.4, 0.5) is 0 Å². The number of nitrogens with two attached hydrogens (primary N) is 1. The molecule has 3 aromatic rings. The van der Waals surface area contributed by atoms with Gasteiger partial charge in [0.2, 0.25) is 11.8 Å². The molecule has 1 aliphatic rings. The first-order valence-electron chi connectivity index (χ1n) is 9.27. The second-order valence-electron chi connectivity index (χ2n) is 7.25. The van der Waals surface area contributed by atoms with Crippen molar-refractivity contribution in [2.75, 3.05) is 13.1 Å². The number of ether oxygens (including phenoxy) is 1. The Morgan fingerprint density at radius 3 is 2.67 bits per heavy atom. The lowest BCUT2D eigenvalue weighted by Gasteiger charge is -2.18. The molecule has 1 amide bonds. The smallest absolute Gasteiger partial charge is 0.250 e. The SMILES string of the molecule is CC1CCN(Cc2ccc(Oc3ccc(C(N)=O)cn3)c3ccccc23)C1. The van der Waals surface area contributed by atoms with Gasteiger partial charge in [-0.05, 0) is 42.0 Å². The highest BCUT2D eigenvalue weighted by Crippen LogP contribution is 2.32. The Morgan fingerprint density at radius 1 is 1.19 bits per heavy atom. The summed E-state index contributed by atoms with van der Waals surface area (Å²) in [5, 5.41) is 2.26. The third-order valence-electron chi connectivity index (χ3n) is 5.11. The quantitative estimate of drug-likeness (QED) is 0.747. The zero-order valence-corrected chi connectivity index (χ0v) is 15.4. The number of rotatable bonds is 5. The monoisotopic (exact) mass is 361 g/mol. The number of aromatic nitrogens is 1. The van der Waals surface area contributed by atoms with Gasteiger partial charge in [-0.2, -0.15) is 0 Å². The minimum Gasteiger partial charge on any atom is -0.438 e. The fraction of sp³-hybridized carbons (Fsp3) is 0.273. The number of likely N-dealkylation sites (tertiary alicyclic amines) is 1. The molecule has 1 fully saturated rings. The Bertz CT molecular complexity index is 969. The highest BCUT2D eigenvalue weighted by atomic mass is 16.5. The number of fused-ring (bicyclic) bond motifs is 1. The summed E-state index contributed by atoms with van der Waals surface area (Å²) in [4.78, 5) is 17.9. The molecule has 0 spiro atoms. The Kier molecular flexibility index (Phi) is 4.77. The zero-order valence-electron chi connectivity index (χ0n) is 15.4. The first-order chi connectivity index (χ1) is 13.1. The summed E-state index contributed by atoms with van der Waals surface area (Å²) in [6.07, 6.45) is 2.70. The maximum absolute atomic E-state index is 11.2. The predicted molar refractivity (Wildman–Crippen MR) is 106 cm³/mol. The van der Waals surface area contributed by atoms with Crippen molar-refractivity contribution in [1.82, 2.24) is 9.88 Å². The highest BCUT2D eigenvalue weighted by molar-refractivity contribution is 5.92. The van der Waals surface area contributed by atoms with Crippen LogP contribution in [0.15, 0.2) is 54.7 Å². The van der Waals surface area contributed by atoms with Crippen LogP contribution in [-0.2, 0) is 6.54 Å². The Labute approximate surface area is 158 Å². The van der Waals surface area contributed by atoms with Gasteiger partial charge in [-0.15, -0.1) is 0 Å². The molecule has 0 radical (unpaired) electrons. The van der Waals surface area contributed by atoms with Crippen LogP contribution in [0.1, 0.15) is 29.3 Å². The van der Waals surface area contributed by atoms with Gasteiger partial charge in [0.25, 0.3) is 0 Å². The van der Waals surface area contributed by atoms with E-state index in [1.54, 1.807) is 12.1 Å². The average Bonchev–Trinajstić information content (AvgIpc) is 3.09. The molecule has 2 aromatic carbocycles. The molecule has 2 heterocycles. The number of primary amides is 1. The summed E-state index contributed by atoms with van der Waals surface area (Å²) in [6.45, 7) is 5.58. The Morgan fingerprint density at radius 2 is 2.00 bits per heavy atom. The molecular formula is C22H23N3O2. The molecule has 5 heteroatoms. The van der Waals surface area contributed by atoms with Gasteiger partial charge in [0.15, 0.2) is 0 Å². The number of amides is 1. The lowest BCUT2D eigenvalue weighted by atomic mass is 10.0. The fourth-order valence-corrected chi connectivity index (χ4v) is 3.67. The van der Waals surface area contributed by atoms with Crippen LogP contribution in [0.25, 0.3) is 10.8 Å². The molecule has 5 nitrogen and oxygen atoms in total. The number of hydrogen-bond donors (Lipinski definition) is 1. The molecule has 0 saturated carbocycles. The van der Waals surface area contributed by atoms with Crippen molar-refractivity contribution in [2.24, 2.45) is 11.7 Å². The van der Waals surface area contributed by atoms with Gasteiger partial charge in [0.1, 0.15) is 5.75 Å². The van der Waals surface area contributed by atoms with Crippen molar-refractivity contribution in [3.8, 4) is 11.6 Å². The highest BCUT2D eigenvalue weighted by Gasteiger charge is 2.19. The van der Waals surface area contributed by atoms with Crippen LogP contribution >= 0.6 is 0 Å². The van der Waals surface area contributed by atoms with E-state index in [0.29, 0.717) is 11.4 Å². The van der Waals surface area contributed by atoms with E-state index in [1.807, 2.05) is 12.1 Å². The van der Waals surface area contributed by atoms with Crippen LogP contribution in [0.3, 0.4) is 0 Å². The van der Waals surface area contributed by atoms with Gasteiger partial charge in [0, 0.05) is 30.7 Å². The minimum absolute atomic E-state index is 0.363. The molecule has 0 bridgehead atoms. The molecule has 2 N–H and O–H groups in total. The summed E-state index contributed by atoms with van der Waals surface area (Å²) in [7, 11) is 0. The van der Waals surface area contributed by atoms with Crippen LogP contribution in [0.2, 0.25) is 0 Å². The second-order valence-corrected chi connectivity index (χ2v) is 7.25. The van der Waals surface area contributed by atoms with E-state index >= 15 is 0 Å². The van der Waals surface area contributed by atoms with E-state index < -0.39 is 5.91 Å². The van der Waals surface area contributed by atoms with Crippen LogP contribution in [0, 0.1) is 5.92 Å². The maximum Gasteiger partial charge on any atom is 0.250 e. The lowest BCUT2D eigenvalue weighted by Crippen LogP contribution is -2.19. The molecule has 27 heavy (non-hydrogen) atoms. The van der Waals surface area contributed by atoms with Crippen molar-refractivity contribution in [3.63, 3.8) is 0 Å². The van der Waals surface area contributed by atoms with Crippen molar-refractivity contribution >= 4 is 16.7 Å². The molecule has 0 aliphatic carbocycles. The third-order valence-corrected chi connectivity index (χ3v) is 5.11. The van der Waals surface area contributed by atoms with Crippen molar-refractivity contribution in [1.29, 1.82) is 0 Å². The molecular weight excluding hydrogens is 338 g/mol. The lowest BCUT2D eigenvalue weighted by molar-refractivity contribution is 0.1000. The van der Waals surface area contributed by atoms with E-state index in [1.165, 1.54) is 23.6 Å². The first kappa shape index (κ1) is 17.5. The molecule has 1 aromatic heterocycles.